The van der Waals surface area contributed by atoms with Gasteiger partial charge in [-0.2, -0.15) is 0 Å². The van der Waals surface area contributed by atoms with Crippen LogP contribution in [-0.2, 0) is 4.79 Å². The fourth-order valence-electron chi connectivity index (χ4n) is 3.90. The van der Waals surface area contributed by atoms with Gasteiger partial charge in [-0.15, -0.1) is 0 Å². The van der Waals surface area contributed by atoms with Crippen LogP contribution in [0.15, 0.2) is 0 Å². The van der Waals surface area contributed by atoms with E-state index in [9.17, 15) is 4.79 Å². The summed E-state index contributed by atoms with van der Waals surface area (Å²) >= 11 is 0. The van der Waals surface area contributed by atoms with Gasteiger partial charge in [0.05, 0.1) is 5.41 Å². The van der Waals surface area contributed by atoms with Gasteiger partial charge in [0.1, 0.15) is 0 Å². The van der Waals surface area contributed by atoms with E-state index in [4.69, 9.17) is 5.11 Å². The van der Waals surface area contributed by atoms with E-state index in [1.807, 2.05) is 13.8 Å². The zero-order chi connectivity index (χ0) is 14.6. The molecule has 1 aliphatic heterocycles. The molecule has 1 spiro atoms. The number of nitrogens with zero attached hydrogens (tertiary/aromatic N) is 1. The number of rotatable bonds is 5. The van der Waals surface area contributed by atoms with E-state index >= 15 is 0 Å². The normalized spacial score (nSPS) is 23.9. The first-order valence-corrected chi connectivity index (χ1v) is 8.39. The second-order valence-electron chi connectivity index (χ2n) is 7.69. The van der Waals surface area contributed by atoms with Crippen molar-refractivity contribution < 1.29 is 9.90 Å². The lowest BCUT2D eigenvalue weighted by Gasteiger charge is -2.44. The molecule has 2 fully saturated rings. The van der Waals surface area contributed by atoms with Crippen molar-refractivity contribution in [2.45, 2.75) is 71.6 Å². The molecule has 0 aromatic heterocycles. The Balaban J connectivity index is 1.68. The second-order valence-corrected chi connectivity index (χ2v) is 7.69. The van der Waals surface area contributed by atoms with Gasteiger partial charge in [0, 0.05) is 0 Å². The van der Waals surface area contributed by atoms with E-state index in [0.717, 1.165) is 19.4 Å². The van der Waals surface area contributed by atoms with Gasteiger partial charge in [-0.05, 0) is 77.4 Å². The van der Waals surface area contributed by atoms with E-state index in [-0.39, 0.29) is 0 Å². The van der Waals surface area contributed by atoms with Gasteiger partial charge in [0.25, 0.3) is 0 Å². The Bertz CT molecular complexity index is 322. The first kappa shape index (κ1) is 15.8. The number of likely N-dealkylation sites (tertiary alicyclic amines) is 1. The van der Waals surface area contributed by atoms with Gasteiger partial charge in [0.15, 0.2) is 0 Å². The molecule has 116 valence electrons. The summed E-state index contributed by atoms with van der Waals surface area (Å²) in [6, 6.07) is 0. The van der Waals surface area contributed by atoms with Crippen LogP contribution in [0.2, 0.25) is 0 Å². The van der Waals surface area contributed by atoms with Crippen molar-refractivity contribution in [1.82, 2.24) is 4.90 Å². The molecule has 0 aromatic rings. The Morgan fingerprint density at radius 1 is 1.10 bits per heavy atom. The van der Waals surface area contributed by atoms with Gasteiger partial charge < -0.3 is 10.0 Å². The molecule has 2 rings (SSSR count). The lowest BCUT2D eigenvalue weighted by atomic mass is 9.68. The fourth-order valence-corrected chi connectivity index (χ4v) is 3.90. The first-order chi connectivity index (χ1) is 9.44. The Hall–Kier alpha value is -0.570. The number of carboxylic acids is 1. The molecule has 0 amide bonds. The maximum atomic E-state index is 11.1. The van der Waals surface area contributed by atoms with Gasteiger partial charge >= 0.3 is 5.97 Å². The summed E-state index contributed by atoms with van der Waals surface area (Å²) in [5.74, 6) is -0.669. The molecular weight excluding hydrogens is 250 g/mol. The van der Waals surface area contributed by atoms with Crippen LogP contribution in [0.5, 0.6) is 0 Å². The summed E-state index contributed by atoms with van der Waals surface area (Å²) in [5.41, 5.74) is 0.107. The highest BCUT2D eigenvalue weighted by Gasteiger charge is 2.35. The quantitative estimate of drug-likeness (QED) is 0.830. The standard InChI is InChI=1S/C17H31NO2/c1-16(2,15(19)20)7-6-12-18-13-10-17(11-14-18)8-4-3-5-9-17/h3-14H2,1-2H3,(H,19,20). The summed E-state index contributed by atoms with van der Waals surface area (Å²) in [7, 11) is 0. The third-order valence-electron chi connectivity index (χ3n) is 5.69. The Kier molecular flexibility index (Phi) is 5.11. The molecule has 0 bridgehead atoms. The van der Waals surface area contributed by atoms with Crippen LogP contribution in [0.3, 0.4) is 0 Å². The first-order valence-electron chi connectivity index (χ1n) is 8.39. The number of carbonyl (C=O) groups is 1. The topological polar surface area (TPSA) is 40.5 Å². The molecule has 2 aliphatic rings. The molecule has 1 saturated carbocycles. The van der Waals surface area contributed by atoms with E-state index in [1.54, 1.807) is 0 Å². The minimum absolute atomic E-state index is 0.569. The lowest BCUT2D eigenvalue weighted by Crippen LogP contribution is -2.41. The molecule has 1 aliphatic carbocycles. The molecule has 1 N–H and O–H groups in total. The Morgan fingerprint density at radius 3 is 2.25 bits per heavy atom. The third-order valence-corrected chi connectivity index (χ3v) is 5.69. The van der Waals surface area contributed by atoms with E-state index in [2.05, 4.69) is 4.90 Å². The summed E-state index contributed by atoms with van der Waals surface area (Å²) in [4.78, 5) is 13.6. The van der Waals surface area contributed by atoms with Gasteiger partial charge in [-0.1, -0.05) is 19.3 Å². The molecule has 3 heteroatoms. The van der Waals surface area contributed by atoms with Crippen molar-refractivity contribution in [3.05, 3.63) is 0 Å². The molecule has 3 nitrogen and oxygen atoms in total. The van der Waals surface area contributed by atoms with Crippen molar-refractivity contribution >= 4 is 5.97 Å². The third kappa shape index (κ3) is 3.97. The number of aliphatic carboxylic acids is 1. The molecule has 0 aromatic carbocycles. The largest absolute Gasteiger partial charge is 0.481 e. The van der Waals surface area contributed by atoms with Crippen molar-refractivity contribution in [3.63, 3.8) is 0 Å². The molecule has 1 saturated heterocycles. The number of hydrogen-bond donors (Lipinski definition) is 1. The summed E-state index contributed by atoms with van der Waals surface area (Å²) < 4.78 is 0. The molecule has 0 radical (unpaired) electrons. The minimum Gasteiger partial charge on any atom is -0.481 e. The fraction of sp³-hybridized carbons (Fsp3) is 0.941. The predicted octanol–water partition coefficient (Wildman–Crippen LogP) is 3.92. The predicted molar refractivity (Wildman–Crippen MR) is 81.8 cm³/mol. The lowest BCUT2D eigenvalue weighted by molar-refractivity contribution is -0.147. The molecule has 0 atom stereocenters. The van der Waals surface area contributed by atoms with E-state index in [1.165, 1.54) is 58.0 Å². The molecular formula is C17H31NO2. The Morgan fingerprint density at radius 2 is 1.70 bits per heavy atom. The monoisotopic (exact) mass is 281 g/mol. The van der Waals surface area contributed by atoms with Crippen molar-refractivity contribution in [3.8, 4) is 0 Å². The average molecular weight is 281 g/mol. The average Bonchev–Trinajstić information content (AvgIpc) is 2.42. The summed E-state index contributed by atoms with van der Waals surface area (Å²) in [5, 5.41) is 9.13. The number of piperidine rings is 1. The second kappa shape index (κ2) is 6.46. The zero-order valence-corrected chi connectivity index (χ0v) is 13.3. The smallest absolute Gasteiger partial charge is 0.309 e. The highest BCUT2D eigenvalue weighted by atomic mass is 16.4. The number of hydrogen-bond acceptors (Lipinski definition) is 2. The van der Waals surface area contributed by atoms with Crippen LogP contribution < -0.4 is 0 Å². The van der Waals surface area contributed by atoms with E-state index < -0.39 is 11.4 Å². The van der Waals surface area contributed by atoms with Crippen molar-refractivity contribution in [2.75, 3.05) is 19.6 Å². The summed E-state index contributed by atoms with van der Waals surface area (Å²) in [6.45, 7) is 7.21. The van der Waals surface area contributed by atoms with E-state index in [0.29, 0.717) is 5.41 Å². The molecule has 1 heterocycles. The summed E-state index contributed by atoms with van der Waals surface area (Å²) in [6.07, 6.45) is 11.7. The molecule has 20 heavy (non-hydrogen) atoms. The van der Waals surface area contributed by atoms with Crippen LogP contribution in [-0.4, -0.2) is 35.6 Å². The van der Waals surface area contributed by atoms with Gasteiger partial charge in [0.2, 0.25) is 0 Å². The van der Waals surface area contributed by atoms with Crippen LogP contribution in [0.4, 0.5) is 0 Å². The van der Waals surface area contributed by atoms with Gasteiger partial charge in [-0.25, -0.2) is 0 Å². The highest BCUT2D eigenvalue weighted by molar-refractivity contribution is 5.73. The minimum atomic E-state index is -0.669. The number of carboxylic acid groups (broad SMARTS) is 1. The Labute approximate surface area is 123 Å². The maximum Gasteiger partial charge on any atom is 0.309 e. The van der Waals surface area contributed by atoms with Crippen LogP contribution in [0.1, 0.15) is 71.6 Å². The van der Waals surface area contributed by atoms with Crippen LogP contribution in [0, 0.1) is 10.8 Å². The van der Waals surface area contributed by atoms with Crippen LogP contribution in [0.25, 0.3) is 0 Å². The van der Waals surface area contributed by atoms with Gasteiger partial charge in [-0.3, -0.25) is 4.79 Å². The SMILES string of the molecule is CC(C)(CCCN1CCC2(CCCCC2)CC1)C(=O)O. The molecule has 0 unspecified atom stereocenters. The van der Waals surface area contributed by atoms with Crippen molar-refractivity contribution in [2.24, 2.45) is 10.8 Å². The van der Waals surface area contributed by atoms with Crippen LogP contribution >= 0.6 is 0 Å². The zero-order valence-electron chi connectivity index (χ0n) is 13.3. The maximum absolute atomic E-state index is 11.1. The van der Waals surface area contributed by atoms with Crippen molar-refractivity contribution in [1.29, 1.82) is 0 Å². The highest BCUT2D eigenvalue weighted by Crippen LogP contribution is 2.44.